The van der Waals surface area contributed by atoms with E-state index in [1.165, 1.54) is 0 Å². The first-order valence-electron chi connectivity index (χ1n) is 6.17. The van der Waals surface area contributed by atoms with Crippen molar-refractivity contribution in [3.05, 3.63) is 50.9 Å². The molecule has 0 spiro atoms. The molecule has 5 nitrogen and oxygen atoms in total. The molecule has 0 aliphatic heterocycles. The van der Waals surface area contributed by atoms with Gasteiger partial charge < -0.3 is 5.73 Å². The largest absolute Gasteiger partial charge is 0.399 e. The van der Waals surface area contributed by atoms with Crippen molar-refractivity contribution in [1.29, 1.82) is 0 Å². The second-order valence-corrected chi connectivity index (χ2v) is 6.21. The fourth-order valence-corrected chi connectivity index (χ4v) is 2.88. The summed E-state index contributed by atoms with van der Waals surface area (Å²) in [5.74, 6) is 0.625. The van der Waals surface area contributed by atoms with Gasteiger partial charge in [0, 0.05) is 20.2 Å². The molecular formula is C14H11Br2N5. The lowest BCUT2D eigenvalue weighted by atomic mass is 10.2. The maximum absolute atomic E-state index is 5.87. The van der Waals surface area contributed by atoms with E-state index in [1.54, 1.807) is 4.68 Å². The van der Waals surface area contributed by atoms with Gasteiger partial charge in [0.05, 0.1) is 5.69 Å². The van der Waals surface area contributed by atoms with Crippen molar-refractivity contribution in [3.63, 3.8) is 0 Å². The second-order valence-electron chi connectivity index (χ2n) is 4.56. The van der Waals surface area contributed by atoms with Crippen LogP contribution >= 0.6 is 31.9 Å². The molecule has 0 unspecified atom stereocenters. The SMILES string of the molecule is Cc1cccc(-n2nnnc2-c2cc(N)ccc2Br)c1Br. The van der Waals surface area contributed by atoms with Crippen LogP contribution in [-0.2, 0) is 0 Å². The van der Waals surface area contributed by atoms with Crippen molar-refractivity contribution < 1.29 is 0 Å². The number of nitrogen functional groups attached to an aromatic ring is 1. The molecule has 21 heavy (non-hydrogen) atoms. The van der Waals surface area contributed by atoms with Gasteiger partial charge in [0.25, 0.3) is 0 Å². The minimum atomic E-state index is 0.625. The molecule has 106 valence electrons. The molecule has 0 radical (unpaired) electrons. The van der Waals surface area contributed by atoms with E-state index in [4.69, 9.17) is 5.73 Å². The third-order valence-corrected chi connectivity index (χ3v) is 4.82. The number of anilines is 1. The van der Waals surface area contributed by atoms with Gasteiger partial charge in [-0.1, -0.05) is 28.1 Å². The van der Waals surface area contributed by atoms with Gasteiger partial charge in [-0.2, -0.15) is 4.68 Å². The molecule has 2 aromatic carbocycles. The minimum absolute atomic E-state index is 0.625. The van der Waals surface area contributed by atoms with Crippen LogP contribution in [0.1, 0.15) is 5.56 Å². The van der Waals surface area contributed by atoms with E-state index >= 15 is 0 Å². The van der Waals surface area contributed by atoms with Gasteiger partial charge in [-0.05, 0) is 63.1 Å². The average molecular weight is 409 g/mol. The maximum atomic E-state index is 5.87. The summed E-state index contributed by atoms with van der Waals surface area (Å²) >= 11 is 7.10. The number of aryl methyl sites for hydroxylation is 1. The number of aromatic nitrogens is 4. The third-order valence-electron chi connectivity index (χ3n) is 3.10. The van der Waals surface area contributed by atoms with Crippen molar-refractivity contribution in [2.24, 2.45) is 0 Å². The molecule has 0 fully saturated rings. The molecule has 3 rings (SSSR count). The van der Waals surface area contributed by atoms with Gasteiger partial charge in [-0.3, -0.25) is 0 Å². The lowest BCUT2D eigenvalue weighted by Gasteiger charge is -2.10. The highest BCUT2D eigenvalue weighted by Gasteiger charge is 2.16. The zero-order valence-electron chi connectivity index (χ0n) is 11.1. The third kappa shape index (κ3) is 2.58. The van der Waals surface area contributed by atoms with Gasteiger partial charge in [-0.15, -0.1) is 5.10 Å². The number of rotatable bonds is 2. The standard InChI is InChI=1S/C14H11Br2N5/c1-8-3-2-4-12(13(8)16)21-14(18-19-20-21)10-7-9(17)5-6-11(10)15/h2-7H,17H2,1H3. The Kier molecular flexibility index (Phi) is 3.77. The van der Waals surface area contributed by atoms with Crippen LogP contribution in [0.15, 0.2) is 45.3 Å². The number of halogens is 2. The maximum Gasteiger partial charge on any atom is 0.188 e. The van der Waals surface area contributed by atoms with E-state index in [0.29, 0.717) is 11.5 Å². The lowest BCUT2D eigenvalue weighted by molar-refractivity contribution is 0.788. The van der Waals surface area contributed by atoms with Gasteiger partial charge in [0.15, 0.2) is 5.82 Å². The molecule has 2 N–H and O–H groups in total. The molecule has 0 bridgehead atoms. The molecule has 1 aromatic heterocycles. The summed E-state index contributed by atoms with van der Waals surface area (Å²) in [4.78, 5) is 0. The molecule has 0 saturated carbocycles. The number of tetrazole rings is 1. The normalized spacial score (nSPS) is 10.8. The van der Waals surface area contributed by atoms with Crippen molar-refractivity contribution in [2.45, 2.75) is 6.92 Å². The quantitative estimate of drug-likeness (QED) is 0.655. The van der Waals surface area contributed by atoms with E-state index in [-0.39, 0.29) is 0 Å². The van der Waals surface area contributed by atoms with Gasteiger partial charge in [0.1, 0.15) is 0 Å². The molecule has 0 atom stereocenters. The molecule has 0 aliphatic carbocycles. The Morgan fingerprint density at radius 2 is 1.95 bits per heavy atom. The van der Waals surface area contributed by atoms with E-state index in [9.17, 15) is 0 Å². The molecule has 0 aliphatic rings. The van der Waals surface area contributed by atoms with Crippen LogP contribution < -0.4 is 5.73 Å². The van der Waals surface area contributed by atoms with Crippen LogP contribution in [0.3, 0.4) is 0 Å². The molecular weight excluding hydrogens is 398 g/mol. The number of nitrogens with two attached hydrogens (primary N) is 1. The molecule has 0 saturated heterocycles. The van der Waals surface area contributed by atoms with Crippen LogP contribution in [0.5, 0.6) is 0 Å². The van der Waals surface area contributed by atoms with Crippen LogP contribution in [0, 0.1) is 6.92 Å². The number of benzene rings is 2. The first-order chi connectivity index (χ1) is 10.1. The van der Waals surface area contributed by atoms with E-state index in [1.807, 2.05) is 43.3 Å². The van der Waals surface area contributed by atoms with Crippen molar-refractivity contribution in [3.8, 4) is 17.1 Å². The molecule has 1 heterocycles. The first-order valence-corrected chi connectivity index (χ1v) is 7.76. The van der Waals surface area contributed by atoms with E-state index in [0.717, 1.165) is 25.8 Å². The number of hydrogen-bond donors (Lipinski definition) is 1. The Morgan fingerprint density at radius 3 is 2.76 bits per heavy atom. The van der Waals surface area contributed by atoms with Gasteiger partial charge in [-0.25, -0.2) is 0 Å². The van der Waals surface area contributed by atoms with E-state index < -0.39 is 0 Å². The smallest absolute Gasteiger partial charge is 0.188 e. The van der Waals surface area contributed by atoms with Crippen molar-refractivity contribution >= 4 is 37.5 Å². The Labute approximate surface area is 138 Å². The highest BCUT2D eigenvalue weighted by molar-refractivity contribution is 9.11. The molecule has 7 heteroatoms. The fraction of sp³-hybridized carbons (Fsp3) is 0.0714. The Morgan fingerprint density at radius 1 is 1.14 bits per heavy atom. The monoisotopic (exact) mass is 407 g/mol. The predicted molar refractivity (Wildman–Crippen MR) is 89.1 cm³/mol. The van der Waals surface area contributed by atoms with Crippen molar-refractivity contribution in [2.75, 3.05) is 5.73 Å². The van der Waals surface area contributed by atoms with Crippen LogP contribution in [0.2, 0.25) is 0 Å². The minimum Gasteiger partial charge on any atom is -0.399 e. The summed E-state index contributed by atoms with van der Waals surface area (Å²) in [5.41, 5.74) is 9.36. The first kappa shape index (κ1) is 14.2. The van der Waals surface area contributed by atoms with E-state index in [2.05, 4.69) is 47.4 Å². The lowest BCUT2D eigenvalue weighted by Crippen LogP contribution is -2.02. The summed E-state index contributed by atoms with van der Waals surface area (Å²) in [7, 11) is 0. The highest BCUT2D eigenvalue weighted by Crippen LogP contribution is 2.32. The summed E-state index contributed by atoms with van der Waals surface area (Å²) in [6, 6.07) is 11.5. The van der Waals surface area contributed by atoms with Crippen LogP contribution in [0.4, 0.5) is 5.69 Å². The number of hydrogen-bond acceptors (Lipinski definition) is 4. The predicted octanol–water partition coefficient (Wildman–Crippen LogP) is 3.74. The Hall–Kier alpha value is -1.73. The van der Waals surface area contributed by atoms with Crippen LogP contribution in [0.25, 0.3) is 17.1 Å². The molecule has 0 amide bonds. The fourth-order valence-electron chi connectivity index (χ4n) is 2.03. The topological polar surface area (TPSA) is 69.6 Å². The van der Waals surface area contributed by atoms with Gasteiger partial charge >= 0.3 is 0 Å². The summed E-state index contributed by atoms with van der Waals surface area (Å²) in [5, 5.41) is 12.0. The average Bonchev–Trinajstić information content (AvgIpc) is 2.93. The van der Waals surface area contributed by atoms with Gasteiger partial charge in [0.2, 0.25) is 0 Å². The van der Waals surface area contributed by atoms with Crippen LogP contribution in [-0.4, -0.2) is 20.2 Å². The molecule has 3 aromatic rings. The highest BCUT2D eigenvalue weighted by atomic mass is 79.9. The second kappa shape index (κ2) is 5.57. The number of nitrogens with zero attached hydrogens (tertiary/aromatic N) is 4. The summed E-state index contributed by atoms with van der Waals surface area (Å²) in [6.07, 6.45) is 0. The zero-order valence-corrected chi connectivity index (χ0v) is 14.3. The Balaban J connectivity index is 2.22. The summed E-state index contributed by atoms with van der Waals surface area (Å²) in [6.45, 7) is 2.02. The zero-order chi connectivity index (χ0) is 15.0. The Bertz CT molecular complexity index is 796. The summed E-state index contributed by atoms with van der Waals surface area (Å²) < 4.78 is 3.53. The van der Waals surface area contributed by atoms with Crippen molar-refractivity contribution in [1.82, 2.24) is 20.2 Å².